The van der Waals surface area contributed by atoms with Crippen molar-refractivity contribution in [2.75, 3.05) is 0 Å². The molecule has 0 bridgehead atoms. The average Bonchev–Trinajstić information content (AvgIpc) is 2.89. The fourth-order valence-electron chi connectivity index (χ4n) is 2.09. The summed E-state index contributed by atoms with van der Waals surface area (Å²) in [5, 5.41) is 19.5. The van der Waals surface area contributed by atoms with Gasteiger partial charge in [0.15, 0.2) is 0 Å². The van der Waals surface area contributed by atoms with E-state index in [4.69, 9.17) is 5.11 Å². The molecule has 2 heterocycles. The molecule has 0 spiro atoms. The number of pyridine rings is 1. The van der Waals surface area contributed by atoms with Crippen molar-refractivity contribution in [3.05, 3.63) is 55.7 Å². The highest BCUT2D eigenvalue weighted by Gasteiger charge is 2.38. The minimum atomic E-state index is -1.37. The Balaban J connectivity index is 2.30. The van der Waals surface area contributed by atoms with Crippen LogP contribution in [-0.2, 0) is 0 Å². The average molecular weight is 304 g/mol. The number of carbonyl (C=O) groups is 3. The number of carboxylic acid groups (broad SMARTS) is 1. The number of nitrogens with zero attached hydrogens (tertiary/aromatic N) is 2. The number of hydrogen-bond donors (Lipinski definition) is 1. The van der Waals surface area contributed by atoms with E-state index < -0.39 is 22.5 Å². The first-order chi connectivity index (χ1) is 9.91. The summed E-state index contributed by atoms with van der Waals surface area (Å²) in [5.74, 6) is -2.79. The minimum Gasteiger partial charge on any atom is -0.478 e. The van der Waals surface area contributed by atoms with Gasteiger partial charge in [0.05, 0.1) is 26.5 Å². The second-order valence-electron chi connectivity index (χ2n) is 4.13. The monoisotopic (exact) mass is 304 g/mol. The van der Waals surface area contributed by atoms with Crippen LogP contribution < -0.4 is 0 Å². The zero-order valence-electron chi connectivity index (χ0n) is 10.0. The SMILES string of the molecule is O=C(O)c1ccnc2c1C(=O)c1sc([N+](=O)[O-])cc1C2=O. The third-order valence-electron chi connectivity index (χ3n) is 2.97. The van der Waals surface area contributed by atoms with Crippen LogP contribution in [-0.4, -0.2) is 32.5 Å². The lowest BCUT2D eigenvalue weighted by Gasteiger charge is -2.14. The maximum absolute atomic E-state index is 12.3. The minimum absolute atomic E-state index is 0.112. The van der Waals surface area contributed by atoms with Crippen LogP contribution in [0.1, 0.15) is 41.6 Å². The second kappa shape index (κ2) is 4.28. The van der Waals surface area contributed by atoms with Crippen molar-refractivity contribution in [2.45, 2.75) is 0 Å². The van der Waals surface area contributed by atoms with Crippen molar-refractivity contribution in [3.8, 4) is 0 Å². The van der Waals surface area contributed by atoms with Crippen LogP contribution >= 0.6 is 11.3 Å². The Morgan fingerprint density at radius 2 is 2.05 bits per heavy atom. The van der Waals surface area contributed by atoms with Crippen molar-refractivity contribution >= 4 is 33.9 Å². The molecule has 3 rings (SSSR count). The van der Waals surface area contributed by atoms with Gasteiger partial charge in [0.2, 0.25) is 11.6 Å². The van der Waals surface area contributed by atoms with Crippen LogP contribution in [0.3, 0.4) is 0 Å². The first-order valence-electron chi connectivity index (χ1n) is 5.51. The van der Waals surface area contributed by atoms with E-state index >= 15 is 0 Å². The molecular formula is C12H4N2O6S. The van der Waals surface area contributed by atoms with Crippen LogP contribution in [0.25, 0.3) is 0 Å². The lowest BCUT2D eigenvalue weighted by molar-refractivity contribution is -0.380. The number of ketones is 2. The number of aromatic carboxylic acids is 1. The highest BCUT2D eigenvalue weighted by Crippen LogP contribution is 2.36. The van der Waals surface area contributed by atoms with Crippen molar-refractivity contribution in [2.24, 2.45) is 0 Å². The molecule has 9 heteroatoms. The summed E-state index contributed by atoms with van der Waals surface area (Å²) in [6, 6.07) is 2.12. The standard InChI is InChI=1S/C12H4N2O6S/c15-9-5-3-6(14(19)20)21-11(5)10(16)7-4(12(17)18)1-2-13-8(7)9/h1-3H,(H,17,18). The van der Waals surface area contributed by atoms with Crippen LogP contribution in [0.4, 0.5) is 5.00 Å². The number of fused-ring (bicyclic) bond motifs is 2. The second-order valence-corrected chi connectivity index (χ2v) is 5.16. The van der Waals surface area contributed by atoms with Gasteiger partial charge in [-0.25, -0.2) is 4.79 Å². The smallest absolute Gasteiger partial charge is 0.336 e. The third-order valence-corrected chi connectivity index (χ3v) is 4.06. The maximum Gasteiger partial charge on any atom is 0.336 e. The molecular weight excluding hydrogens is 300 g/mol. The molecule has 21 heavy (non-hydrogen) atoms. The molecule has 0 saturated heterocycles. The molecule has 104 valence electrons. The zero-order valence-corrected chi connectivity index (χ0v) is 10.8. The Morgan fingerprint density at radius 1 is 1.33 bits per heavy atom. The van der Waals surface area contributed by atoms with Crippen molar-refractivity contribution in [1.29, 1.82) is 0 Å². The summed E-state index contributed by atoms with van der Waals surface area (Å²) in [6.07, 6.45) is 1.11. The fourth-order valence-corrected chi connectivity index (χ4v) is 3.01. The van der Waals surface area contributed by atoms with Crippen LogP contribution in [0, 0.1) is 10.1 Å². The highest BCUT2D eigenvalue weighted by molar-refractivity contribution is 7.18. The number of hydrogen-bond acceptors (Lipinski definition) is 7. The number of nitro groups is 1. The molecule has 0 unspecified atom stereocenters. The van der Waals surface area contributed by atoms with Gasteiger partial charge in [-0.2, -0.15) is 0 Å². The maximum atomic E-state index is 12.3. The molecule has 8 nitrogen and oxygen atoms in total. The van der Waals surface area contributed by atoms with Crippen molar-refractivity contribution < 1.29 is 24.4 Å². The Hall–Kier alpha value is -2.94. The molecule has 0 fully saturated rings. The molecule has 0 amide bonds. The quantitative estimate of drug-likeness (QED) is 0.561. The van der Waals surface area contributed by atoms with Crippen molar-refractivity contribution in [1.82, 2.24) is 4.98 Å². The number of aromatic nitrogens is 1. The van der Waals surface area contributed by atoms with Gasteiger partial charge < -0.3 is 5.11 Å². The van der Waals surface area contributed by atoms with Crippen LogP contribution in [0.2, 0.25) is 0 Å². The van der Waals surface area contributed by atoms with Crippen molar-refractivity contribution in [3.63, 3.8) is 0 Å². The zero-order chi connectivity index (χ0) is 15.3. The highest BCUT2D eigenvalue weighted by atomic mass is 32.1. The summed E-state index contributed by atoms with van der Waals surface area (Å²) in [4.78, 5) is 49.4. The largest absolute Gasteiger partial charge is 0.478 e. The van der Waals surface area contributed by atoms with E-state index in [9.17, 15) is 24.5 Å². The Bertz CT molecular complexity index is 853. The topological polar surface area (TPSA) is 127 Å². The molecule has 1 N–H and O–H groups in total. The molecule has 1 aliphatic carbocycles. The predicted molar refractivity (Wildman–Crippen MR) is 69.0 cm³/mol. The van der Waals surface area contributed by atoms with E-state index in [2.05, 4.69) is 4.98 Å². The van der Waals surface area contributed by atoms with E-state index in [-0.39, 0.29) is 32.3 Å². The van der Waals surface area contributed by atoms with E-state index in [0.29, 0.717) is 11.3 Å². The predicted octanol–water partition coefficient (Wildman–Crippen LogP) is 1.52. The van der Waals surface area contributed by atoms with Gasteiger partial charge in [-0.05, 0) is 6.07 Å². The summed E-state index contributed by atoms with van der Waals surface area (Å²) < 4.78 is 0. The van der Waals surface area contributed by atoms with Gasteiger partial charge in [-0.3, -0.25) is 24.7 Å². The summed E-state index contributed by atoms with van der Waals surface area (Å²) in [7, 11) is 0. The van der Waals surface area contributed by atoms with Gasteiger partial charge in [0, 0.05) is 12.3 Å². The fraction of sp³-hybridized carbons (Fsp3) is 0. The molecule has 0 saturated carbocycles. The molecule has 0 atom stereocenters. The van der Waals surface area contributed by atoms with Crippen LogP contribution in [0.15, 0.2) is 18.3 Å². The Morgan fingerprint density at radius 3 is 2.67 bits per heavy atom. The summed E-state index contributed by atoms with van der Waals surface area (Å²) in [5.41, 5.74) is -1.07. The normalized spacial score (nSPS) is 12.8. The van der Waals surface area contributed by atoms with Gasteiger partial charge in [0.1, 0.15) is 5.69 Å². The van der Waals surface area contributed by atoms with E-state index in [0.717, 1.165) is 18.3 Å². The number of carbonyl (C=O) groups excluding carboxylic acids is 2. The van der Waals surface area contributed by atoms with Gasteiger partial charge >= 0.3 is 11.0 Å². The number of thiophene rings is 1. The van der Waals surface area contributed by atoms with E-state index in [1.807, 2.05) is 0 Å². The Kier molecular flexibility index (Phi) is 2.66. The first-order valence-corrected chi connectivity index (χ1v) is 6.33. The summed E-state index contributed by atoms with van der Waals surface area (Å²) in [6.45, 7) is 0. The molecule has 0 aromatic carbocycles. The molecule has 0 aliphatic heterocycles. The molecule has 1 aliphatic rings. The molecule has 2 aromatic heterocycles. The van der Waals surface area contributed by atoms with Gasteiger partial charge in [-0.1, -0.05) is 11.3 Å². The summed E-state index contributed by atoms with van der Waals surface area (Å²) >= 11 is 0.549. The molecule has 2 aromatic rings. The lowest BCUT2D eigenvalue weighted by atomic mass is 9.90. The van der Waals surface area contributed by atoms with E-state index in [1.54, 1.807) is 0 Å². The third kappa shape index (κ3) is 1.75. The number of rotatable bonds is 2. The van der Waals surface area contributed by atoms with E-state index in [1.165, 1.54) is 0 Å². The lowest BCUT2D eigenvalue weighted by Crippen LogP contribution is -2.23. The van der Waals surface area contributed by atoms with Gasteiger partial charge in [-0.15, -0.1) is 0 Å². The number of carboxylic acids is 1. The molecule has 0 radical (unpaired) electrons. The Labute approximate surface area is 119 Å². The van der Waals surface area contributed by atoms with Crippen LogP contribution in [0.5, 0.6) is 0 Å². The van der Waals surface area contributed by atoms with Gasteiger partial charge in [0.25, 0.3) is 0 Å². The first kappa shape index (κ1) is 13.1.